The number of aromatic nitrogens is 2. The number of aromatic amines is 1. The summed E-state index contributed by atoms with van der Waals surface area (Å²) in [7, 11) is 2.90. The summed E-state index contributed by atoms with van der Waals surface area (Å²) in [5.41, 5.74) is -1.11. The Hall–Kier alpha value is -4.21. The van der Waals surface area contributed by atoms with E-state index in [1.165, 1.54) is 26.4 Å². The molecule has 10 heteroatoms. The van der Waals surface area contributed by atoms with Crippen LogP contribution in [0, 0.1) is 0 Å². The van der Waals surface area contributed by atoms with Crippen LogP contribution in [-0.4, -0.2) is 36.5 Å². The number of methoxy groups -OCH3 is 2. The molecule has 0 saturated carbocycles. The molecule has 0 fully saturated rings. The third-order valence-corrected chi connectivity index (χ3v) is 4.48. The number of amides is 1. The maximum Gasteiger partial charge on any atom is 0.333 e. The molecule has 0 atom stereocenters. The van der Waals surface area contributed by atoms with Crippen LogP contribution >= 0.6 is 0 Å². The van der Waals surface area contributed by atoms with E-state index in [1.807, 2.05) is 0 Å². The number of hydrogen-bond donors (Lipinski definition) is 2. The molecule has 2 aromatic carbocycles. The van der Waals surface area contributed by atoms with Crippen molar-refractivity contribution in [3.63, 3.8) is 0 Å². The Morgan fingerprint density at radius 3 is 2.57 bits per heavy atom. The number of carbonyl (C=O) groups excluding carboxylic acids is 1. The molecule has 30 heavy (non-hydrogen) atoms. The maximum absolute atomic E-state index is 12.9. The first-order valence-corrected chi connectivity index (χ1v) is 8.80. The fourth-order valence-corrected chi connectivity index (χ4v) is 3.01. The largest absolute Gasteiger partial charge is 0.493 e. The van der Waals surface area contributed by atoms with Gasteiger partial charge in [0.15, 0.2) is 23.0 Å². The highest BCUT2D eigenvalue weighted by molar-refractivity contribution is 6.04. The Kier molecular flexibility index (Phi) is 4.88. The minimum Gasteiger partial charge on any atom is -0.493 e. The predicted octanol–water partition coefficient (Wildman–Crippen LogP) is 1.52. The lowest BCUT2D eigenvalue weighted by Gasteiger charge is -2.11. The van der Waals surface area contributed by atoms with Gasteiger partial charge in [0.25, 0.3) is 11.5 Å². The molecule has 2 N–H and O–H groups in total. The topological polar surface area (TPSA) is 121 Å². The van der Waals surface area contributed by atoms with Gasteiger partial charge < -0.3 is 29.2 Å². The summed E-state index contributed by atoms with van der Waals surface area (Å²) in [6, 6.07) is 9.38. The second-order valence-electron chi connectivity index (χ2n) is 6.21. The fraction of sp³-hybridized carbons (Fsp3) is 0.150. The zero-order chi connectivity index (χ0) is 21.3. The van der Waals surface area contributed by atoms with Crippen molar-refractivity contribution in [2.45, 2.75) is 0 Å². The van der Waals surface area contributed by atoms with Crippen LogP contribution < -0.4 is 35.5 Å². The van der Waals surface area contributed by atoms with E-state index in [4.69, 9.17) is 18.9 Å². The standard InChI is InChI=1S/C20H17N3O7/c1-27-14-6-4-12(8-16(14)28-2)23-19(25)13(9-21-20(23)26)18(24)22-11-3-5-15-17(7-11)30-10-29-15/h3-9H,10H2,1-2H3,(H,21,26)(H,22,24). The molecule has 0 bridgehead atoms. The van der Waals surface area contributed by atoms with Crippen LogP contribution in [0.3, 0.4) is 0 Å². The van der Waals surface area contributed by atoms with Crippen molar-refractivity contribution in [3.8, 4) is 28.7 Å². The molecule has 4 rings (SSSR count). The van der Waals surface area contributed by atoms with Crippen LogP contribution in [0.25, 0.3) is 5.69 Å². The number of nitrogens with zero attached hydrogens (tertiary/aromatic N) is 1. The van der Waals surface area contributed by atoms with Gasteiger partial charge in [-0.1, -0.05) is 0 Å². The molecule has 10 nitrogen and oxygen atoms in total. The lowest BCUT2D eigenvalue weighted by molar-refractivity contribution is 0.102. The first-order valence-electron chi connectivity index (χ1n) is 8.80. The molecule has 1 aromatic heterocycles. The number of rotatable bonds is 5. The van der Waals surface area contributed by atoms with E-state index < -0.39 is 17.2 Å². The first kappa shape index (κ1) is 19.1. The Morgan fingerprint density at radius 1 is 1.03 bits per heavy atom. The van der Waals surface area contributed by atoms with Gasteiger partial charge in [0, 0.05) is 24.0 Å². The van der Waals surface area contributed by atoms with Gasteiger partial charge in [0.05, 0.1) is 19.9 Å². The molecule has 0 radical (unpaired) electrons. The summed E-state index contributed by atoms with van der Waals surface area (Å²) in [6.07, 6.45) is 1.07. The maximum atomic E-state index is 12.9. The molecule has 1 aliphatic rings. The highest BCUT2D eigenvalue weighted by Gasteiger charge is 2.19. The van der Waals surface area contributed by atoms with E-state index in [2.05, 4.69) is 10.3 Å². The third kappa shape index (κ3) is 3.34. The SMILES string of the molecule is COc1ccc(-n2c(=O)[nH]cc(C(=O)Nc3ccc4c(c3)OCO4)c2=O)cc1OC. The van der Waals surface area contributed by atoms with Gasteiger partial charge >= 0.3 is 5.69 Å². The summed E-state index contributed by atoms with van der Waals surface area (Å²) >= 11 is 0. The first-order chi connectivity index (χ1) is 14.5. The molecule has 0 spiro atoms. The predicted molar refractivity (Wildman–Crippen MR) is 106 cm³/mol. The smallest absolute Gasteiger partial charge is 0.333 e. The van der Waals surface area contributed by atoms with Gasteiger partial charge in [-0.25, -0.2) is 9.36 Å². The molecule has 1 aliphatic heterocycles. The fourth-order valence-electron chi connectivity index (χ4n) is 3.01. The molecule has 0 aliphatic carbocycles. The van der Waals surface area contributed by atoms with Gasteiger partial charge in [-0.05, 0) is 24.3 Å². The summed E-state index contributed by atoms with van der Waals surface area (Å²) < 4.78 is 21.7. The van der Waals surface area contributed by atoms with Gasteiger partial charge in [0.2, 0.25) is 6.79 Å². The van der Waals surface area contributed by atoms with Crippen LogP contribution in [0.4, 0.5) is 5.69 Å². The summed E-state index contributed by atoms with van der Waals surface area (Å²) in [6.45, 7) is 0.0999. The van der Waals surface area contributed by atoms with Gasteiger partial charge in [-0.2, -0.15) is 0 Å². The lowest BCUT2D eigenvalue weighted by Crippen LogP contribution is -2.38. The number of hydrogen-bond acceptors (Lipinski definition) is 7. The van der Waals surface area contributed by atoms with Crippen molar-refractivity contribution in [2.24, 2.45) is 0 Å². The molecule has 1 amide bonds. The minimum absolute atomic E-state index is 0.0999. The van der Waals surface area contributed by atoms with Crippen molar-refractivity contribution < 1.29 is 23.7 Å². The van der Waals surface area contributed by atoms with Crippen molar-refractivity contribution in [1.29, 1.82) is 0 Å². The lowest BCUT2D eigenvalue weighted by atomic mass is 10.2. The zero-order valence-corrected chi connectivity index (χ0v) is 16.1. The summed E-state index contributed by atoms with van der Waals surface area (Å²) in [4.78, 5) is 40.4. The third-order valence-electron chi connectivity index (χ3n) is 4.48. The monoisotopic (exact) mass is 411 g/mol. The number of benzene rings is 2. The highest BCUT2D eigenvalue weighted by Crippen LogP contribution is 2.34. The quantitative estimate of drug-likeness (QED) is 0.653. The van der Waals surface area contributed by atoms with Crippen LogP contribution in [0.1, 0.15) is 10.4 Å². The van der Waals surface area contributed by atoms with Crippen molar-refractivity contribution in [3.05, 3.63) is 69.0 Å². The van der Waals surface area contributed by atoms with Crippen LogP contribution in [0.5, 0.6) is 23.0 Å². The van der Waals surface area contributed by atoms with Gasteiger partial charge in [-0.3, -0.25) is 9.59 Å². The molecule has 154 valence electrons. The highest BCUT2D eigenvalue weighted by atomic mass is 16.7. The van der Waals surface area contributed by atoms with E-state index in [9.17, 15) is 14.4 Å². The van der Waals surface area contributed by atoms with E-state index in [1.54, 1.807) is 24.3 Å². The van der Waals surface area contributed by atoms with E-state index in [0.29, 0.717) is 28.7 Å². The number of nitrogens with one attached hydrogen (secondary N) is 2. The zero-order valence-electron chi connectivity index (χ0n) is 16.1. The molecular formula is C20H17N3O7. The van der Waals surface area contributed by atoms with Crippen molar-refractivity contribution in [1.82, 2.24) is 9.55 Å². The van der Waals surface area contributed by atoms with Crippen LogP contribution in [0.2, 0.25) is 0 Å². The molecular weight excluding hydrogens is 394 g/mol. The van der Waals surface area contributed by atoms with Crippen molar-refractivity contribution in [2.75, 3.05) is 26.3 Å². The van der Waals surface area contributed by atoms with E-state index >= 15 is 0 Å². The molecule has 2 heterocycles. The number of fused-ring (bicyclic) bond motifs is 1. The second kappa shape index (κ2) is 7.66. The summed E-state index contributed by atoms with van der Waals surface area (Å²) in [5, 5.41) is 2.61. The number of H-pyrrole nitrogens is 1. The number of anilines is 1. The van der Waals surface area contributed by atoms with Crippen LogP contribution in [-0.2, 0) is 0 Å². The average Bonchev–Trinajstić information content (AvgIpc) is 3.21. The Labute approximate surface area is 169 Å². The summed E-state index contributed by atoms with van der Waals surface area (Å²) in [5.74, 6) is 1.12. The molecule has 0 unspecified atom stereocenters. The van der Waals surface area contributed by atoms with Crippen molar-refractivity contribution >= 4 is 11.6 Å². The Morgan fingerprint density at radius 2 is 1.80 bits per heavy atom. The van der Waals surface area contributed by atoms with E-state index in [0.717, 1.165) is 10.8 Å². The second-order valence-corrected chi connectivity index (χ2v) is 6.21. The average molecular weight is 411 g/mol. The van der Waals surface area contributed by atoms with Gasteiger partial charge in [0.1, 0.15) is 5.56 Å². The van der Waals surface area contributed by atoms with E-state index in [-0.39, 0.29) is 18.0 Å². The molecule has 3 aromatic rings. The number of ether oxygens (including phenoxy) is 4. The van der Waals surface area contributed by atoms with Crippen LogP contribution in [0.15, 0.2) is 52.2 Å². The number of carbonyl (C=O) groups is 1. The minimum atomic E-state index is -0.788. The van der Waals surface area contributed by atoms with Gasteiger partial charge in [-0.15, -0.1) is 0 Å². The molecule has 0 saturated heterocycles. The normalized spacial score (nSPS) is 11.8. The Balaban J connectivity index is 1.70. The Bertz CT molecular complexity index is 1250.